The van der Waals surface area contributed by atoms with E-state index in [4.69, 9.17) is 14.7 Å². The van der Waals surface area contributed by atoms with Crippen LogP contribution in [0.4, 0.5) is 14.9 Å². The second-order valence-electron chi connectivity index (χ2n) is 7.25. The van der Waals surface area contributed by atoms with E-state index in [9.17, 15) is 19.4 Å². The van der Waals surface area contributed by atoms with E-state index in [-0.39, 0.29) is 12.4 Å². The van der Waals surface area contributed by atoms with Gasteiger partial charge in [0, 0.05) is 5.69 Å². The molecule has 32 heavy (non-hydrogen) atoms. The molecule has 1 aliphatic heterocycles. The quantitative estimate of drug-likeness (QED) is 0.610. The van der Waals surface area contributed by atoms with Crippen molar-refractivity contribution in [1.82, 2.24) is 0 Å². The lowest BCUT2D eigenvalue weighted by molar-refractivity contribution is -0.00646. The summed E-state index contributed by atoms with van der Waals surface area (Å²) in [6.07, 6.45) is -2.92. The number of rotatable bonds is 6. The maximum Gasteiger partial charge on any atom is 0.415 e. The highest BCUT2D eigenvalue weighted by molar-refractivity contribution is 5.91. The minimum atomic E-state index is -1.21. The van der Waals surface area contributed by atoms with E-state index < -0.39 is 30.2 Å². The van der Waals surface area contributed by atoms with Crippen LogP contribution in [0, 0.1) is 17.1 Å². The average Bonchev–Trinajstić information content (AvgIpc) is 3.15. The normalized spacial score (nSPS) is 18.7. The fourth-order valence-corrected chi connectivity index (χ4v) is 3.60. The van der Waals surface area contributed by atoms with Crippen LogP contribution in [0.3, 0.4) is 0 Å². The first-order valence-electron chi connectivity index (χ1n) is 9.81. The highest BCUT2D eigenvalue weighted by Crippen LogP contribution is 2.39. The van der Waals surface area contributed by atoms with Crippen molar-refractivity contribution < 1.29 is 28.9 Å². The molecular formula is C24H19FN2O5. The van der Waals surface area contributed by atoms with Gasteiger partial charge < -0.3 is 19.7 Å². The summed E-state index contributed by atoms with van der Waals surface area (Å²) in [5.41, 5.74) is 1.41. The number of nitrogens with zero attached hydrogens (tertiary/aromatic N) is 2. The van der Waals surface area contributed by atoms with Crippen molar-refractivity contribution in [3.05, 3.63) is 89.7 Å². The number of carbonyl (C=O) groups is 1. The number of anilines is 1. The number of cyclic esters (lactones) is 1. The van der Waals surface area contributed by atoms with E-state index >= 15 is 0 Å². The lowest BCUT2D eigenvalue weighted by atomic mass is 9.96. The van der Waals surface area contributed by atoms with Crippen molar-refractivity contribution in [2.75, 3.05) is 11.5 Å². The molecule has 1 saturated heterocycles. The molecule has 162 valence electrons. The van der Waals surface area contributed by atoms with Crippen LogP contribution in [0.25, 0.3) is 0 Å². The van der Waals surface area contributed by atoms with Crippen LogP contribution in [0.2, 0.25) is 0 Å². The van der Waals surface area contributed by atoms with Crippen molar-refractivity contribution in [1.29, 1.82) is 5.26 Å². The molecule has 0 aliphatic carbocycles. The van der Waals surface area contributed by atoms with Crippen LogP contribution in [0.1, 0.15) is 17.2 Å². The van der Waals surface area contributed by atoms with Crippen LogP contribution in [0.5, 0.6) is 11.5 Å². The van der Waals surface area contributed by atoms with Crippen LogP contribution in [-0.2, 0) is 4.74 Å². The topological polar surface area (TPSA) is 103 Å². The number of amides is 1. The highest BCUT2D eigenvalue weighted by Gasteiger charge is 2.47. The van der Waals surface area contributed by atoms with E-state index in [1.165, 1.54) is 47.4 Å². The summed E-state index contributed by atoms with van der Waals surface area (Å²) in [4.78, 5) is 14.1. The van der Waals surface area contributed by atoms with Crippen molar-refractivity contribution in [2.45, 2.75) is 18.2 Å². The number of nitriles is 1. The number of aromatic hydroxyl groups is 1. The molecule has 7 nitrogen and oxygen atoms in total. The van der Waals surface area contributed by atoms with Crippen molar-refractivity contribution in [3.63, 3.8) is 0 Å². The maximum atomic E-state index is 13.4. The first kappa shape index (κ1) is 21.2. The number of ether oxygens (including phenoxy) is 2. The smallest absolute Gasteiger partial charge is 0.415 e. The van der Waals surface area contributed by atoms with Gasteiger partial charge in [-0.15, -0.1) is 0 Å². The molecule has 3 unspecified atom stereocenters. The molecule has 0 bridgehead atoms. The lowest BCUT2D eigenvalue weighted by Gasteiger charge is -2.27. The van der Waals surface area contributed by atoms with Crippen molar-refractivity contribution in [3.8, 4) is 17.6 Å². The summed E-state index contributed by atoms with van der Waals surface area (Å²) < 4.78 is 24.5. The van der Waals surface area contributed by atoms with Gasteiger partial charge >= 0.3 is 6.09 Å². The van der Waals surface area contributed by atoms with E-state index in [0.717, 1.165) is 0 Å². The van der Waals surface area contributed by atoms with Gasteiger partial charge in [-0.25, -0.2) is 9.18 Å². The number of hydrogen-bond donors (Lipinski definition) is 2. The van der Waals surface area contributed by atoms with Crippen LogP contribution >= 0.6 is 0 Å². The van der Waals surface area contributed by atoms with Crippen LogP contribution in [0.15, 0.2) is 72.8 Å². The largest absolute Gasteiger partial charge is 0.508 e. The molecule has 1 aliphatic rings. The third-order valence-electron chi connectivity index (χ3n) is 5.13. The monoisotopic (exact) mass is 434 g/mol. The van der Waals surface area contributed by atoms with Crippen molar-refractivity contribution >= 4 is 11.8 Å². The molecule has 1 heterocycles. The molecule has 3 aromatic carbocycles. The number of carbonyl (C=O) groups excluding carboxylic acids is 1. The Morgan fingerprint density at radius 3 is 2.53 bits per heavy atom. The maximum absolute atomic E-state index is 13.4. The molecule has 0 aromatic heterocycles. The SMILES string of the molecule is N#Cc1cccc(OCC(O)C2OC(=O)N(c3ccc(F)cc3)C2c2ccc(O)cc2)c1. The summed E-state index contributed by atoms with van der Waals surface area (Å²) in [6, 6.07) is 19.3. The lowest BCUT2D eigenvalue weighted by Crippen LogP contribution is -2.38. The zero-order valence-electron chi connectivity index (χ0n) is 16.8. The van der Waals surface area contributed by atoms with Gasteiger partial charge in [-0.2, -0.15) is 5.26 Å². The third-order valence-corrected chi connectivity index (χ3v) is 5.13. The Morgan fingerprint density at radius 1 is 1.12 bits per heavy atom. The van der Waals surface area contributed by atoms with E-state index in [1.807, 2.05) is 6.07 Å². The van der Waals surface area contributed by atoms with Gasteiger partial charge in [-0.1, -0.05) is 18.2 Å². The highest BCUT2D eigenvalue weighted by atomic mass is 19.1. The molecule has 4 rings (SSSR count). The first-order valence-corrected chi connectivity index (χ1v) is 9.81. The van der Waals surface area contributed by atoms with Gasteiger partial charge in [0.05, 0.1) is 11.6 Å². The Hall–Kier alpha value is -4.09. The van der Waals surface area contributed by atoms with Crippen LogP contribution < -0.4 is 9.64 Å². The first-order chi connectivity index (χ1) is 15.5. The van der Waals surface area contributed by atoms with Gasteiger partial charge in [0.2, 0.25) is 0 Å². The minimum Gasteiger partial charge on any atom is -0.508 e. The van der Waals surface area contributed by atoms with Gasteiger partial charge in [0.15, 0.2) is 6.10 Å². The Kier molecular flexibility index (Phi) is 5.92. The number of phenolic OH excluding ortho intramolecular Hbond substituents is 1. The predicted molar refractivity (Wildman–Crippen MR) is 113 cm³/mol. The summed E-state index contributed by atoms with van der Waals surface area (Å²) in [5.74, 6) is -0.0128. The predicted octanol–water partition coefficient (Wildman–Crippen LogP) is 3.91. The molecule has 0 radical (unpaired) electrons. The zero-order chi connectivity index (χ0) is 22.7. The standard InChI is InChI=1S/C24H19FN2O5/c25-17-6-8-18(9-7-17)27-22(16-4-10-19(28)11-5-16)23(32-24(27)30)21(29)14-31-20-3-1-2-15(12-20)13-26/h1-12,21-23,28-29H,14H2. The summed E-state index contributed by atoms with van der Waals surface area (Å²) in [6.45, 7) is -0.196. The number of halogens is 1. The Labute approximate surface area is 183 Å². The Balaban J connectivity index is 1.61. The molecule has 1 fully saturated rings. The molecular weight excluding hydrogens is 415 g/mol. The molecule has 3 aromatic rings. The van der Waals surface area contributed by atoms with Crippen molar-refractivity contribution in [2.24, 2.45) is 0 Å². The number of hydrogen-bond acceptors (Lipinski definition) is 6. The van der Waals surface area contributed by atoms with E-state index in [2.05, 4.69) is 0 Å². The molecule has 2 N–H and O–H groups in total. The number of benzene rings is 3. The average molecular weight is 434 g/mol. The second kappa shape index (κ2) is 8.96. The van der Waals surface area contributed by atoms with E-state index in [0.29, 0.717) is 22.6 Å². The Bertz CT molecular complexity index is 1140. The molecule has 3 atom stereocenters. The van der Waals surface area contributed by atoms with Gasteiger partial charge in [-0.3, -0.25) is 4.90 Å². The third kappa shape index (κ3) is 4.33. The zero-order valence-corrected chi connectivity index (χ0v) is 16.8. The van der Waals surface area contributed by atoms with E-state index in [1.54, 1.807) is 30.3 Å². The Morgan fingerprint density at radius 2 is 1.84 bits per heavy atom. The number of aliphatic hydroxyl groups excluding tert-OH is 1. The number of phenols is 1. The molecule has 0 spiro atoms. The minimum absolute atomic E-state index is 0.0464. The second-order valence-corrected chi connectivity index (χ2v) is 7.25. The summed E-state index contributed by atoms with van der Waals surface area (Å²) >= 11 is 0. The fourth-order valence-electron chi connectivity index (χ4n) is 3.60. The molecule has 0 saturated carbocycles. The van der Waals surface area contributed by atoms with Gasteiger partial charge in [-0.05, 0) is 60.2 Å². The number of aliphatic hydroxyl groups is 1. The van der Waals surface area contributed by atoms with Crippen LogP contribution in [-0.4, -0.2) is 35.1 Å². The summed E-state index contributed by atoms with van der Waals surface area (Å²) in [5, 5.41) is 29.5. The van der Waals surface area contributed by atoms with Gasteiger partial charge in [0.25, 0.3) is 0 Å². The molecule has 8 heteroatoms. The van der Waals surface area contributed by atoms with Gasteiger partial charge in [0.1, 0.15) is 36.1 Å². The molecule has 1 amide bonds. The summed E-state index contributed by atoms with van der Waals surface area (Å²) in [7, 11) is 0. The fraction of sp³-hybridized carbons (Fsp3) is 0.167.